The Kier molecular flexibility index (Phi) is 6.05. The smallest absolute Gasteiger partial charge is 0.224 e. The second-order valence-corrected chi connectivity index (χ2v) is 4.07. The van der Waals surface area contributed by atoms with E-state index in [0.29, 0.717) is 23.6 Å². The van der Waals surface area contributed by atoms with Crippen molar-refractivity contribution in [3.63, 3.8) is 0 Å². The van der Waals surface area contributed by atoms with Crippen LogP contribution >= 0.6 is 0 Å². The number of ether oxygens (including phenoxy) is 2. The number of rotatable bonds is 7. The predicted octanol–water partition coefficient (Wildman–Crippen LogP) is 3.22. The Morgan fingerprint density at radius 3 is 2.61 bits per heavy atom. The third-order valence-electron chi connectivity index (χ3n) is 2.69. The summed E-state index contributed by atoms with van der Waals surface area (Å²) in [5.41, 5.74) is 0.680. The molecule has 0 aliphatic heterocycles. The first-order chi connectivity index (χ1) is 8.71. The quantitative estimate of drug-likeness (QED) is 0.757. The van der Waals surface area contributed by atoms with Crippen LogP contribution < -0.4 is 14.8 Å². The molecule has 0 aliphatic rings. The maximum Gasteiger partial charge on any atom is 0.224 e. The number of unbranched alkanes of at least 4 members (excludes halogenated alkanes) is 2. The lowest BCUT2D eigenvalue weighted by atomic mass is 10.2. The number of benzene rings is 1. The van der Waals surface area contributed by atoms with Crippen LogP contribution in [-0.2, 0) is 4.79 Å². The van der Waals surface area contributed by atoms with Crippen LogP contribution in [0.2, 0.25) is 0 Å². The molecular weight excluding hydrogens is 230 g/mol. The van der Waals surface area contributed by atoms with E-state index < -0.39 is 0 Å². The highest BCUT2D eigenvalue weighted by Crippen LogP contribution is 2.29. The molecule has 0 saturated carbocycles. The second-order valence-electron chi connectivity index (χ2n) is 4.07. The predicted molar refractivity (Wildman–Crippen MR) is 72.3 cm³/mol. The lowest BCUT2D eigenvalue weighted by Gasteiger charge is -2.11. The van der Waals surface area contributed by atoms with Crippen LogP contribution in [0.5, 0.6) is 11.5 Å². The van der Waals surface area contributed by atoms with Gasteiger partial charge in [0, 0.05) is 12.5 Å². The first kappa shape index (κ1) is 14.4. The van der Waals surface area contributed by atoms with E-state index in [1.165, 1.54) is 0 Å². The fourth-order valence-electron chi connectivity index (χ4n) is 1.65. The van der Waals surface area contributed by atoms with Crippen molar-refractivity contribution in [2.45, 2.75) is 32.6 Å². The minimum Gasteiger partial charge on any atom is -0.497 e. The van der Waals surface area contributed by atoms with E-state index in [1.54, 1.807) is 32.4 Å². The standard InChI is InChI=1S/C14H21NO3/c1-4-5-6-7-14(16)15-12-9-8-11(17-2)10-13(12)18-3/h8-10H,4-7H2,1-3H3,(H,15,16). The molecule has 0 aliphatic carbocycles. The molecule has 0 bridgehead atoms. The molecule has 0 unspecified atom stereocenters. The van der Waals surface area contributed by atoms with Gasteiger partial charge >= 0.3 is 0 Å². The topological polar surface area (TPSA) is 47.6 Å². The molecule has 1 N–H and O–H groups in total. The third-order valence-corrected chi connectivity index (χ3v) is 2.69. The Bertz CT molecular complexity index is 391. The summed E-state index contributed by atoms with van der Waals surface area (Å²) in [6, 6.07) is 5.33. The minimum absolute atomic E-state index is 0.0203. The van der Waals surface area contributed by atoms with Crippen molar-refractivity contribution < 1.29 is 14.3 Å². The summed E-state index contributed by atoms with van der Waals surface area (Å²) in [5.74, 6) is 1.33. The molecule has 0 spiro atoms. The van der Waals surface area contributed by atoms with Crippen molar-refractivity contribution >= 4 is 11.6 Å². The zero-order valence-electron chi connectivity index (χ0n) is 11.3. The van der Waals surface area contributed by atoms with E-state index in [-0.39, 0.29) is 5.91 Å². The SMILES string of the molecule is CCCCCC(=O)Nc1ccc(OC)cc1OC. The van der Waals surface area contributed by atoms with Crippen LogP contribution in [0.1, 0.15) is 32.6 Å². The average Bonchev–Trinajstić information content (AvgIpc) is 2.39. The Morgan fingerprint density at radius 1 is 1.22 bits per heavy atom. The number of carbonyl (C=O) groups excluding carboxylic acids is 1. The van der Waals surface area contributed by atoms with Crippen LogP contribution in [0.25, 0.3) is 0 Å². The van der Waals surface area contributed by atoms with E-state index in [2.05, 4.69) is 12.2 Å². The van der Waals surface area contributed by atoms with Crippen molar-refractivity contribution in [2.75, 3.05) is 19.5 Å². The Morgan fingerprint density at radius 2 is 2.00 bits per heavy atom. The van der Waals surface area contributed by atoms with Gasteiger partial charge in [0.2, 0.25) is 5.91 Å². The molecule has 1 aromatic carbocycles. The lowest BCUT2D eigenvalue weighted by molar-refractivity contribution is -0.116. The monoisotopic (exact) mass is 251 g/mol. The van der Waals surface area contributed by atoms with Crippen molar-refractivity contribution in [3.05, 3.63) is 18.2 Å². The number of amides is 1. The first-order valence-corrected chi connectivity index (χ1v) is 6.23. The van der Waals surface area contributed by atoms with Gasteiger partial charge in [-0.05, 0) is 18.6 Å². The molecule has 1 amide bonds. The number of anilines is 1. The molecule has 1 aromatic rings. The van der Waals surface area contributed by atoms with Gasteiger partial charge in [-0.2, -0.15) is 0 Å². The molecular formula is C14H21NO3. The van der Waals surface area contributed by atoms with Crippen molar-refractivity contribution in [1.82, 2.24) is 0 Å². The molecule has 0 saturated heterocycles. The number of methoxy groups -OCH3 is 2. The fraction of sp³-hybridized carbons (Fsp3) is 0.500. The summed E-state index contributed by atoms with van der Waals surface area (Å²) in [4.78, 5) is 11.7. The van der Waals surface area contributed by atoms with Crippen molar-refractivity contribution in [2.24, 2.45) is 0 Å². The number of hydrogen-bond donors (Lipinski definition) is 1. The Balaban J connectivity index is 2.63. The van der Waals surface area contributed by atoms with Crippen molar-refractivity contribution in [3.8, 4) is 11.5 Å². The molecule has 0 atom stereocenters. The van der Waals surface area contributed by atoms with E-state index in [0.717, 1.165) is 19.3 Å². The molecule has 0 fully saturated rings. The molecule has 4 nitrogen and oxygen atoms in total. The normalized spacial score (nSPS) is 9.94. The molecule has 100 valence electrons. The Labute approximate surface area is 108 Å². The van der Waals surface area contributed by atoms with Gasteiger partial charge in [0.15, 0.2) is 0 Å². The van der Waals surface area contributed by atoms with E-state index >= 15 is 0 Å². The third kappa shape index (κ3) is 4.28. The summed E-state index contributed by atoms with van der Waals surface area (Å²) < 4.78 is 10.3. The van der Waals surface area contributed by atoms with Crippen LogP contribution in [0.4, 0.5) is 5.69 Å². The fourth-order valence-corrected chi connectivity index (χ4v) is 1.65. The highest BCUT2D eigenvalue weighted by atomic mass is 16.5. The molecule has 0 heterocycles. The molecule has 0 radical (unpaired) electrons. The summed E-state index contributed by atoms with van der Waals surface area (Å²) in [6.45, 7) is 2.12. The molecule has 1 rings (SSSR count). The van der Waals surface area contributed by atoms with Crippen LogP contribution in [0, 0.1) is 0 Å². The maximum absolute atomic E-state index is 11.7. The minimum atomic E-state index is 0.0203. The zero-order chi connectivity index (χ0) is 13.4. The molecule has 4 heteroatoms. The van der Waals surface area contributed by atoms with Gasteiger partial charge < -0.3 is 14.8 Å². The van der Waals surface area contributed by atoms with Gasteiger partial charge in [-0.15, -0.1) is 0 Å². The zero-order valence-corrected chi connectivity index (χ0v) is 11.3. The van der Waals surface area contributed by atoms with E-state index in [4.69, 9.17) is 9.47 Å². The van der Waals surface area contributed by atoms with E-state index in [9.17, 15) is 4.79 Å². The summed E-state index contributed by atoms with van der Waals surface area (Å²) in [5, 5.41) is 2.85. The highest BCUT2D eigenvalue weighted by molar-refractivity contribution is 5.92. The number of nitrogens with one attached hydrogen (secondary N) is 1. The summed E-state index contributed by atoms with van der Waals surface area (Å²) in [7, 11) is 3.17. The van der Waals surface area contributed by atoms with Gasteiger partial charge in [-0.25, -0.2) is 0 Å². The highest BCUT2D eigenvalue weighted by Gasteiger charge is 2.08. The number of carbonyl (C=O) groups is 1. The largest absolute Gasteiger partial charge is 0.497 e. The van der Waals surface area contributed by atoms with Crippen LogP contribution in [0.15, 0.2) is 18.2 Å². The van der Waals surface area contributed by atoms with Crippen molar-refractivity contribution in [1.29, 1.82) is 0 Å². The Hall–Kier alpha value is -1.71. The van der Waals surface area contributed by atoms with Crippen LogP contribution in [0.3, 0.4) is 0 Å². The summed E-state index contributed by atoms with van der Waals surface area (Å²) >= 11 is 0. The van der Waals surface area contributed by atoms with Gasteiger partial charge in [-0.1, -0.05) is 19.8 Å². The maximum atomic E-state index is 11.7. The van der Waals surface area contributed by atoms with Gasteiger partial charge in [0.05, 0.1) is 19.9 Å². The van der Waals surface area contributed by atoms with Gasteiger partial charge in [0.25, 0.3) is 0 Å². The van der Waals surface area contributed by atoms with Gasteiger partial charge in [-0.3, -0.25) is 4.79 Å². The number of hydrogen-bond acceptors (Lipinski definition) is 3. The van der Waals surface area contributed by atoms with E-state index in [1.807, 2.05) is 0 Å². The molecule has 0 aromatic heterocycles. The first-order valence-electron chi connectivity index (χ1n) is 6.23. The van der Waals surface area contributed by atoms with Crippen LogP contribution in [-0.4, -0.2) is 20.1 Å². The van der Waals surface area contributed by atoms with Gasteiger partial charge in [0.1, 0.15) is 11.5 Å². The second kappa shape index (κ2) is 7.58. The average molecular weight is 251 g/mol. The molecule has 18 heavy (non-hydrogen) atoms. The lowest BCUT2D eigenvalue weighted by Crippen LogP contribution is -2.11. The summed E-state index contributed by atoms with van der Waals surface area (Å²) in [6.07, 6.45) is 3.65.